The molecule has 0 aliphatic carbocycles. The van der Waals surface area contributed by atoms with Gasteiger partial charge in [0.15, 0.2) is 0 Å². The van der Waals surface area contributed by atoms with Gasteiger partial charge in [-0.3, -0.25) is 0 Å². The first-order chi connectivity index (χ1) is 15.7. The molecule has 0 saturated carbocycles. The Kier molecular flexibility index (Phi) is 7.58. The SMILES string of the molecule is CN1CCCN(c2ccc(-n3cnn(CCNCCOc4ccccc4)c3=O)cc2)CC1. The average molecular weight is 437 g/mol. The average Bonchev–Trinajstić information content (AvgIpc) is 3.04. The fourth-order valence-electron chi connectivity index (χ4n) is 3.86. The maximum atomic E-state index is 12.7. The minimum atomic E-state index is -0.128. The molecule has 0 radical (unpaired) electrons. The van der Waals surface area contributed by atoms with Gasteiger partial charge < -0.3 is 19.9 Å². The summed E-state index contributed by atoms with van der Waals surface area (Å²) >= 11 is 0. The largest absolute Gasteiger partial charge is 0.492 e. The van der Waals surface area contributed by atoms with Crippen LogP contribution in [0.4, 0.5) is 5.69 Å². The monoisotopic (exact) mass is 436 g/mol. The highest BCUT2D eigenvalue weighted by atomic mass is 16.5. The van der Waals surface area contributed by atoms with E-state index in [1.54, 1.807) is 10.9 Å². The molecule has 1 aromatic heterocycles. The molecule has 8 heteroatoms. The molecule has 0 bridgehead atoms. The summed E-state index contributed by atoms with van der Waals surface area (Å²) in [4.78, 5) is 17.5. The van der Waals surface area contributed by atoms with Crippen LogP contribution in [0.2, 0.25) is 0 Å². The van der Waals surface area contributed by atoms with Crippen molar-refractivity contribution in [3.05, 3.63) is 71.4 Å². The molecule has 0 atom stereocenters. The molecule has 4 rings (SSSR count). The maximum Gasteiger partial charge on any atom is 0.350 e. The van der Waals surface area contributed by atoms with Crippen LogP contribution >= 0.6 is 0 Å². The summed E-state index contributed by atoms with van der Waals surface area (Å²) in [5.41, 5.74) is 1.91. The molecule has 0 spiro atoms. The topological polar surface area (TPSA) is 67.6 Å². The van der Waals surface area contributed by atoms with Crippen molar-refractivity contribution >= 4 is 5.69 Å². The lowest BCUT2D eigenvalue weighted by molar-refractivity contribution is 0.312. The lowest BCUT2D eigenvalue weighted by atomic mass is 10.2. The Morgan fingerprint density at radius 2 is 1.72 bits per heavy atom. The number of benzene rings is 2. The van der Waals surface area contributed by atoms with Gasteiger partial charge in [0.1, 0.15) is 18.7 Å². The highest BCUT2D eigenvalue weighted by molar-refractivity contribution is 5.51. The van der Waals surface area contributed by atoms with E-state index in [-0.39, 0.29) is 5.69 Å². The lowest BCUT2D eigenvalue weighted by Crippen LogP contribution is -2.30. The van der Waals surface area contributed by atoms with Gasteiger partial charge in [0.05, 0.1) is 12.2 Å². The van der Waals surface area contributed by atoms with E-state index in [4.69, 9.17) is 4.74 Å². The van der Waals surface area contributed by atoms with Crippen molar-refractivity contribution in [2.24, 2.45) is 0 Å². The van der Waals surface area contributed by atoms with Gasteiger partial charge in [-0.1, -0.05) is 18.2 Å². The minimum absolute atomic E-state index is 0.128. The number of likely N-dealkylation sites (N-methyl/N-ethyl adjacent to an activating group) is 1. The molecule has 1 saturated heterocycles. The van der Waals surface area contributed by atoms with E-state index < -0.39 is 0 Å². The van der Waals surface area contributed by atoms with E-state index in [1.165, 1.54) is 10.4 Å². The Morgan fingerprint density at radius 1 is 0.938 bits per heavy atom. The molecule has 2 aromatic carbocycles. The third-order valence-corrected chi connectivity index (χ3v) is 5.74. The van der Waals surface area contributed by atoms with Gasteiger partial charge in [0, 0.05) is 38.4 Å². The molecule has 8 nitrogen and oxygen atoms in total. The predicted octanol–water partition coefficient (Wildman–Crippen LogP) is 1.84. The summed E-state index contributed by atoms with van der Waals surface area (Å²) in [5.74, 6) is 0.860. The van der Waals surface area contributed by atoms with E-state index in [2.05, 4.69) is 39.4 Å². The molecule has 1 N–H and O–H groups in total. The molecular formula is C24H32N6O2. The Hall–Kier alpha value is -3.10. The summed E-state index contributed by atoms with van der Waals surface area (Å²) in [7, 11) is 2.17. The van der Waals surface area contributed by atoms with Gasteiger partial charge in [-0.15, -0.1) is 0 Å². The first-order valence-electron chi connectivity index (χ1n) is 11.3. The second-order valence-corrected chi connectivity index (χ2v) is 8.08. The van der Waals surface area contributed by atoms with Gasteiger partial charge in [-0.2, -0.15) is 5.10 Å². The first-order valence-corrected chi connectivity index (χ1v) is 11.3. The number of rotatable bonds is 9. The third-order valence-electron chi connectivity index (χ3n) is 5.74. The number of anilines is 1. The summed E-state index contributed by atoms with van der Waals surface area (Å²) in [5, 5.41) is 7.56. The smallest absolute Gasteiger partial charge is 0.350 e. The summed E-state index contributed by atoms with van der Waals surface area (Å²) < 4.78 is 8.74. The van der Waals surface area contributed by atoms with Crippen molar-refractivity contribution in [3.63, 3.8) is 0 Å². The van der Waals surface area contributed by atoms with Gasteiger partial charge in [0.2, 0.25) is 0 Å². The minimum Gasteiger partial charge on any atom is -0.492 e. The van der Waals surface area contributed by atoms with Crippen LogP contribution in [-0.4, -0.2) is 72.2 Å². The van der Waals surface area contributed by atoms with Crippen LogP contribution in [-0.2, 0) is 6.54 Å². The van der Waals surface area contributed by atoms with Crippen LogP contribution in [0.25, 0.3) is 5.69 Å². The Bertz CT molecular complexity index is 1010. The number of hydrogen-bond acceptors (Lipinski definition) is 6. The molecule has 170 valence electrons. The van der Waals surface area contributed by atoms with Crippen LogP contribution < -0.4 is 20.6 Å². The quantitative estimate of drug-likeness (QED) is 0.517. The zero-order chi connectivity index (χ0) is 22.2. The van der Waals surface area contributed by atoms with E-state index in [9.17, 15) is 4.79 Å². The standard InChI is InChI=1S/C24H32N6O2/c1-27-14-5-15-28(18-17-27)21-8-10-22(11-9-21)29-20-26-30(24(29)31)16-12-25-13-19-32-23-6-3-2-4-7-23/h2-4,6-11,20,25H,5,12-19H2,1H3. The zero-order valence-electron chi connectivity index (χ0n) is 18.7. The Balaban J connectivity index is 1.26. The van der Waals surface area contributed by atoms with Gasteiger partial charge in [-0.05, 0) is 56.4 Å². The number of para-hydroxylation sites is 1. The van der Waals surface area contributed by atoms with Crippen LogP contribution in [0.3, 0.4) is 0 Å². The van der Waals surface area contributed by atoms with Crippen molar-refractivity contribution in [1.82, 2.24) is 24.6 Å². The molecule has 3 aromatic rings. The van der Waals surface area contributed by atoms with Crippen molar-refractivity contribution < 1.29 is 4.74 Å². The first kappa shape index (κ1) is 22.1. The molecule has 0 amide bonds. The second kappa shape index (κ2) is 11.0. The number of nitrogens with zero attached hydrogens (tertiary/aromatic N) is 5. The van der Waals surface area contributed by atoms with E-state index in [1.807, 2.05) is 42.5 Å². The summed E-state index contributed by atoms with van der Waals surface area (Å²) in [6.45, 7) is 6.74. The van der Waals surface area contributed by atoms with Crippen LogP contribution in [0, 0.1) is 0 Å². The lowest BCUT2D eigenvalue weighted by Gasteiger charge is -2.23. The van der Waals surface area contributed by atoms with Crippen molar-refractivity contribution in [2.45, 2.75) is 13.0 Å². The van der Waals surface area contributed by atoms with Crippen molar-refractivity contribution in [1.29, 1.82) is 0 Å². The Labute approximate surface area is 189 Å². The van der Waals surface area contributed by atoms with Gasteiger partial charge in [0.25, 0.3) is 0 Å². The Morgan fingerprint density at radius 3 is 2.53 bits per heavy atom. The van der Waals surface area contributed by atoms with Crippen LogP contribution in [0.15, 0.2) is 65.7 Å². The zero-order valence-corrected chi connectivity index (χ0v) is 18.7. The molecule has 1 fully saturated rings. The molecule has 1 aliphatic rings. The second-order valence-electron chi connectivity index (χ2n) is 8.08. The fourth-order valence-corrected chi connectivity index (χ4v) is 3.86. The van der Waals surface area contributed by atoms with E-state index in [0.29, 0.717) is 26.2 Å². The van der Waals surface area contributed by atoms with Crippen molar-refractivity contribution in [3.8, 4) is 11.4 Å². The highest BCUT2D eigenvalue weighted by Gasteiger charge is 2.13. The third kappa shape index (κ3) is 5.77. The number of hydrogen-bond donors (Lipinski definition) is 1. The fraction of sp³-hybridized carbons (Fsp3) is 0.417. The number of aromatic nitrogens is 3. The highest BCUT2D eigenvalue weighted by Crippen LogP contribution is 2.18. The molecule has 2 heterocycles. The number of ether oxygens (including phenoxy) is 1. The molecular weight excluding hydrogens is 404 g/mol. The normalized spacial score (nSPS) is 15.0. The van der Waals surface area contributed by atoms with Gasteiger partial charge >= 0.3 is 5.69 Å². The van der Waals surface area contributed by atoms with Crippen LogP contribution in [0.5, 0.6) is 5.75 Å². The predicted molar refractivity (Wildman–Crippen MR) is 127 cm³/mol. The maximum absolute atomic E-state index is 12.7. The van der Waals surface area contributed by atoms with Crippen LogP contribution in [0.1, 0.15) is 6.42 Å². The van der Waals surface area contributed by atoms with Crippen molar-refractivity contribution in [2.75, 3.05) is 57.8 Å². The van der Waals surface area contributed by atoms with E-state index in [0.717, 1.165) is 44.0 Å². The number of nitrogens with one attached hydrogen (secondary N) is 1. The molecule has 0 unspecified atom stereocenters. The molecule has 32 heavy (non-hydrogen) atoms. The summed E-state index contributed by atoms with van der Waals surface area (Å²) in [6, 6.07) is 17.9. The van der Waals surface area contributed by atoms with Gasteiger partial charge in [-0.25, -0.2) is 14.0 Å². The van der Waals surface area contributed by atoms with E-state index >= 15 is 0 Å². The molecule has 1 aliphatic heterocycles. The summed E-state index contributed by atoms with van der Waals surface area (Å²) in [6.07, 6.45) is 2.76.